The average molecular weight is 263 g/mol. The maximum Gasteiger partial charge on any atom is 0.416 e. The lowest BCUT2D eigenvalue weighted by atomic mass is 10.1. The van der Waals surface area contributed by atoms with Crippen LogP contribution in [0.15, 0.2) is 35.7 Å². The molecule has 1 aromatic heterocycles. The van der Waals surface area contributed by atoms with Gasteiger partial charge in [0.2, 0.25) is 0 Å². The van der Waals surface area contributed by atoms with Gasteiger partial charge in [0.25, 0.3) is 0 Å². The van der Waals surface area contributed by atoms with Crippen molar-refractivity contribution >= 4 is 22.9 Å². The van der Waals surface area contributed by atoms with E-state index in [-0.39, 0.29) is 0 Å². The topological polar surface area (TPSA) is 0 Å². The summed E-state index contributed by atoms with van der Waals surface area (Å²) in [6.45, 7) is 0. The Bertz CT molecular complexity index is 502. The molecule has 0 nitrogen and oxygen atoms in total. The highest BCUT2D eigenvalue weighted by atomic mass is 35.5. The second-order valence-electron chi connectivity index (χ2n) is 3.19. The predicted octanol–water partition coefficient (Wildman–Crippen LogP) is 5.09. The van der Waals surface area contributed by atoms with Crippen LogP contribution in [0.5, 0.6) is 0 Å². The van der Waals surface area contributed by atoms with Crippen molar-refractivity contribution in [2.45, 2.75) is 6.18 Å². The van der Waals surface area contributed by atoms with E-state index in [1.165, 1.54) is 17.4 Å². The number of thiophene rings is 1. The Kier molecular flexibility index (Phi) is 2.95. The van der Waals surface area contributed by atoms with E-state index in [0.717, 1.165) is 12.1 Å². The molecule has 16 heavy (non-hydrogen) atoms. The smallest absolute Gasteiger partial charge is 0.166 e. The van der Waals surface area contributed by atoms with Crippen molar-refractivity contribution in [2.24, 2.45) is 0 Å². The van der Waals surface area contributed by atoms with Gasteiger partial charge in [0.1, 0.15) is 4.34 Å². The van der Waals surface area contributed by atoms with Crippen molar-refractivity contribution in [1.29, 1.82) is 0 Å². The largest absolute Gasteiger partial charge is 0.416 e. The van der Waals surface area contributed by atoms with Crippen molar-refractivity contribution in [3.05, 3.63) is 45.6 Å². The zero-order chi connectivity index (χ0) is 11.8. The fraction of sp³-hybridized carbons (Fsp3) is 0.0909. The molecule has 0 saturated carbocycles. The molecule has 0 bridgehead atoms. The number of halogens is 4. The highest BCUT2D eigenvalue weighted by Crippen LogP contribution is 2.36. The van der Waals surface area contributed by atoms with E-state index >= 15 is 0 Å². The summed E-state index contributed by atoms with van der Waals surface area (Å²) < 4.78 is 37.9. The maximum atomic E-state index is 12.5. The molecule has 0 amide bonds. The summed E-state index contributed by atoms with van der Waals surface area (Å²) in [6.07, 6.45) is -4.32. The Morgan fingerprint density at radius 2 is 1.88 bits per heavy atom. The Morgan fingerprint density at radius 3 is 2.44 bits per heavy atom. The summed E-state index contributed by atoms with van der Waals surface area (Å²) in [6, 6.07) is 6.86. The fourth-order valence-corrected chi connectivity index (χ4v) is 2.33. The second-order valence-corrected chi connectivity index (χ2v) is 4.70. The molecule has 0 unspecified atom stereocenters. The van der Waals surface area contributed by atoms with Crippen molar-refractivity contribution in [3.63, 3.8) is 0 Å². The summed E-state index contributed by atoms with van der Waals surface area (Å²) in [5.74, 6) is 0. The third-order valence-corrected chi connectivity index (χ3v) is 3.29. The van der Waals surface area contributed by atoms with Crippen molar-refractivity contribution in [3.8, 4) is 11.1 Å². The first-order chi connectivity index (χ1) is 7.48. The molecule has 0 radical (unpaired) electrons. The van der Waals surface area contributed by atoms with Gasteiger partial charge in [0.05, 0.1) is 5.56 Å². The van der Waals surface area contributed by atoms with Crippen LogP contribution < -0.4 is 0 Å². The van der Waals surface area contributed by atoms with Gasteiger partial charge >= 0.3 is 6.18 Å². The van der Waals surface area contributed by atoms with E-state index in [9.17, 15) is 13.2 Å². The van der Waals surface area contributed by atoms with Crippen LogP contribution in [0.3, 0.4) is 0 Å². The van der Waals surface area contributed by atoms with Crippen molar-refractivity contribution in [1.82, 2.24) is 0 Å². The first kappa shape index (κ1) is 11.5. The summed E-state index contributed by atoms with van der Waals surface area (Å²) in [5.41, 5.74) is 0.464. The van der Waals surface area contributed by atoms with Crippen molar-refractivity contribution < 1.29 is 13.2 Å². The molecule has 2 rings (SSSR count). The van der Waals surface area contributed by atoms with Crippen LogP contribution in [0.25, 0.3) is 11.1 Å². The second kappa shape index (κ2) is 4.11. The monoisotopic (exact) mass is 262 g/mol. The van der Waals surface area contributed by atoms with Gasteiger partial charge in [0, 0.05) is 5.56 Å². The predicted molar refractivity (Wildman–Crippen MR) is 59.8 cm³/mol. The Balaban J connectivity index is 2.49. The van der Waals surface area contributed by atoms with Crippen LogP contribution >= 0.6 is 22.9 Å². The van der Waals surface area contributed by atoms with Crippen LogP contribution in [0, 0.1) is 0 Å². The first-order valence-electron chi connectivity index (χ1n) is 4.39. The molecule has 0 aliphatic heterocycles. The van der Waals surface area contributed by atoms with E-state index in [1.54, 1.807) is 17.5 Å². The van der Waals surface area contributed by atoms with Gasteiger partial charge in [-0.05, 0) is 29.1 Å². The first-order valence-corrected chi connectivity index (χ1v) is 5.65. The molecular weight excluding hydrogens is 257 g/mol. The molecule has 0 fully saturated rings. The zero-order valence-corrected chi connectivity index (χ0v) is 9.46. The fourth-order valence-electron chi connectivity index (χ4n) is 1.36. The Labute approximate surface area is 99.3 Å². The SMILES string of the molecule is FC(F)(F)c1cccc(-c2ccsc2Cl)c1. The van der Waals surface area contributed by atoms with Crippen LogP contribution in [-0.2, 0) is 6.18 Å². The van der Waals surface area contributed by atoms with E-state index in [2.05, 4.69) is 0 Å². The summed E-state index contributed by atoms with van der Waals surface area (Å²) >= 11 is 7.17. The minimum absolute atomic E-state index is 0.487. The minimum Gasteiger partial charge on any atom is -0.166 e. The third kappa shape index (κ3) is 2.23. The molecular formula is C11H6ClF3S. The van der Waals surface area contributed by atoms with Crippen molar-refractivity contribution in [2.75, 3.05) is 0 Å². The number of hydrogen-bond acceptors (Lipinski definition) is 1. The van der Waals surface area contributed by atoms with Gasteiger partial charge in [0.15, 0.2) is 0 Å². The standard InChI is InChI=1S/C11H6ClF3S/c12-10-9(4-5-16-10)7-2-1-3-8(6-7)11(13,14)15/h1-6H. The molecule has 0 saturated heterocycles. The quantitative estimate of drug-likeness (QED) is 0.672. The minimum atomic E-state index is -4.32. The summed E-state index contributed by atoms with van der Waals surface area (Å²) in [5, 5.41) is 1.75. The van der Waals surface area contributed by atoms with Crippen LogP contribution in [-0.4, -0.2) is 0 Å². The van der Waals surface area contributed by atoms with Gasteiger partial charge in [-0.3, -0.25) is 0 Å². The number of hydrogen-bond donors (Lipinski definition) is 0. The van der Waals surface area contributed by atoms with Crippen LogP contribution in [0.2, 0.25) is 4.34 Å². The normalized spacial score (nSPS) is 11.8. The maximum absolute atomic E-state index is 12.5. The molecule has 84 valence electrons. The van der Waals surface area contributed by atoms with Gasteiger partial charge in [-0.25, -0.2) is 0 Å². The Morgan fingerprint density at radius 1 is 1.12 bits per heavy atom. The lowest BCUT2D eigenvalue weighted by Gasteiger charge is -2.08. The highest BCUT2D eigenvalue weighted by molar-refractivity contribution is 7.15. The van der Waals surface area contributed by atoms with Gasteiger partial charge in [-0.15, -0.1) is 11.3 Å². The molecule has 1 heterocycles. The number of alkyl halides is 3. The van der Waals surface area contributed by atoms with E-state index in [1.807, 2.05) is 0 Å². The number of benzene rings is 1. The van der Waals surface area contributed by atoms with Gasteiger partial charge < -0.3 is 0 Å². The third-order valence-electron chi connectivity index (χ3n) is 2.12. The molecule has 0 N–H and O–H groups in total. The lowest BCUT2D eigenvalue weighted by molar-refractivity contribution is -0.137. The molecule has 0 spiro atoms. The van der Waals surface area contributed by atoms with E-state index in [4.69, 9.17) is 11.6 Å². The van der Waals surface area contributed by atoms with Gasteiger partial charge in [-0.1, -0.05) is 23.7 Å². The Hall–Kier alpha value is -1.00. The average Bonchev–Trinajstić information content (AvgIpc) is 2.63. The molecule has 0 atom stereocenters. The summed E-state index contributed by atoms with van der Waals surface area (Å²) in [4.78, 5) is 0. The van der Waals surface area contributed by atoms with Gasteiger partial charge in [-0.2, -0.15) is 13.2 Å². The highest BCUT2D eigenvalue weighted by Gasteiger charge is 2.30. The lowest BCUT2D eigenvalue weighted by Crippen LogP contribution is -2.04. The van der Waals surface area contributed by atoms with Crippen LogP contribution in [0.4, 0.5) is 13.2 Å². The molecule has 1 aromatic carbocycles. The van der Waals surface area contributed by atoms with E-state index in [0.29, 0.717) is 15.5 Å². The number of rotatable bonds is 1. The summed E-state index contributed by atoms with van der Waals surface area (Å²) in [7, 11) is 0. The van der Waals surface area contributed by atoms with E-state index < -0.39 is 11.7 Å². The van der Waals surface area contributed by atoms with Crippen LogP contribution in [0.1, 0.15) is 5.56 Å². The molecule has 5 heteroatoms. The zero-order valence-electron chi connectivity index (χ0n) is 7.88. The molecule has 0 aliphatic rings. The molecule has 0 aliphatic carbocycles. The molecule has 2 aromatic rings.